The van der Waals surface area contributed by atoms with Crippen molar-refractivity contribution in [2.45, 2.75) is 17.5 Å². The fourth-order valence-corrected chi connectivity index (χ4v) is 5.23. The summed E-state index contributed by atoms with van der Waals surface area (Å²) in [6.45, 7) is 1.59. The average Bonchev–Trinajstić information content (AvgIpc) is 3.35. The molecule has 1 N–H and O–H groups in total. The average molecular weight is 491 g/mol. The van der Waals surface area contributed by atoms with Crippen LogP contribution in [0, 0.1) is 0 Å². The second-order valence-corrected chi connectivity index (χ2v) is 10.7. The number of benzene rings is 1. The van der Waals surface area contributed by atoms with Crippen molar-refractivity contribution < 1.29 is 17.9 Å². The van der Waals surface area contributed by atoms with Crippen LogP contribution >= 0.6 is 0 Å². The number of amides is 1. The summed E-state index contributed by atoms with van der Waals surface area (Å²) in [5.74, 6) is 1.09. The van der Waals surface area contributed by atoms with E-state index in [0.717, 1.165) is 22.0 Å². The van der Waals surface area contributed by atoms with Crippen molar-refractivity contribution in [3.8, 4) is 11.4 Å². The van der Waals surface area contributed by atoms with Gasteiger partial charge in [0.25, 0.3) is 5.91 Å². The highest BCUT2D eigenvalue weighted by atomic mass is 32.2. The summed E-state index contributed by atoms with van der Waals surface area (Å²) in [6.07, 6.45) is 8.19. The number of morpholine rings is 1. The van der Waals surface area contributed by atoms with Crippen molar-refractivity contribution in [1.29, 1.82) is 0 Å². The minimum Gasteiger partial charge on any atom is -0.377 e. The van der Waals surface area contributed by atoms with Crippen LogP contribution < -0.4 is 9.80 Å². The van der Waals surface area contributed by atoms with E-state index in [9.17, 15) is 13.2 Å². The predicted octanol–water partition coefficient (Wildman–Crippen LogP) is 2.18. The molecule has 0 aliphatic carbocycles. The number of H-pyrrole nitrogens is 1. The van der Waals surface area contributed by atoms with Gasteiger partial charge in [0.05, 0.1) is 42.6 Å². The Hall–Kier alpha value is -3.83. The van der Waals surface area contributed by atoms with E-state index < -0.39 is 15.9 Å². The monoisotopic (exact) mass is 490 g/mol. The number of nitrogens with one attached hydrogen (secondary N) is 1. The van der Waals surface area contributed by atoms with Gasteiger partial charge in [0, 0.05) is 36.1 Å². The molecule has 0 spiro atoms. The van der Waals surface area contributed by atoms with Crippen LogP contribution in [0.3, 0.4) is 0 Å². The fourth-order valence-electron chi connectivity index (χ4n) is 4.60. The Morgan fingerprint density at radius 1 is 1.14 bits per heavy atom. The molecule has 0 saturated carbocycles. The van der Waals surface area contributed by atoms with E-state index >= 15 is 0 Å². The molecule has 11 heteroatoms. The highest BCUT2D eigenvalue weighted by Gasteiger charge is 2.41. The lowest BCUT2D eigenvalue weighted by Gasteiger charge is -2.43. The number of ether oxygens (including phenoxy) is 1. The molecule has 35 heavy (non-hydrogen) atoms. The lowest BCUT2D eigenvalue weighted by atomic mass is 10.1. The molecule has 10 nitrogen and oxygen atoms in total. The first-order chi connectivity index (χ1) is 16.9. The summed E-state index contributed by atoms with van der Waals surface area (Å²) in [4.78, 5) is 34.3. The van der Waals surface area contributed by atoms with Gasteiger partial charge in [-0.25, -0.2) is 18.4 Å². The molecule has 2 aliphatic rings. The van der Waals surface area contributed by atoms with E-state index in [-0.39, 0.29) is 24.0 Å². The summed E-state index contributed by atoms with van der Waals surface area (Å²) < 4.78 is 29.3. The first-order valence-corrected chi connectivity index (χ1v) is 13.0. The maximum Gasteiger partial charge on any atom is 0.252 e. The Bertz CT molecular complexity index is 1550. The van der Waals surface area contributed by atoms with Crippen LogP contribution in [0.25, 0.3) is 22.3 Å². The molecule has 1 atom stereocenters. The van der Waals surface area contributed by atoms with E-state index in [1.165, 1.54) is 6.26 Å². The van der Waals surface area contributed by atoms with Crippen molar-refractivity contribution in [2.24, 2.45) is 0 Å². The fraction of sp³-hybridized carbons (Fsp3) is 0.250. The van der Waals surface area contributed by atoms with Crippen molar-refractivity contribution in [1.82, 2.24) is 19.9 Å². The van der Waals surface area contributed by atoms with Gasteiger partial charge in [-0.2, -0.15) is 0 Å². The zero-order chi connectivity index (χ0) is 24.2. The topological polar surface area (TPSA) is 121 Å². The maximum absolute atomic E-state index is 13.5. The number of aromatic amines is 1. The number of hydrogen-bond acceptors (Lipinski definition) is 8. The molecule has 2 aliphatic heterocycles. The molecule has 0 bridgehead atoms. The number of carbonyl (C=O) groups is 1. The second kappa shape index (κ2) is 8.14. The normalized spacial score (nSPS) is 18.0. The molecule has 3 aromatic heterocycles. The lowest BCUT2D eigenvalue weighted by Crippen LogP contribution is -2.58. The molecule has 1 saturated heterocycles. The van der Waals surface area contributed by atoms with Crippen LogP contribution in [0.5, 0.6) is 0 Å². The minimum atomic E-state index is -3.30. The van der Waals surface area contributed by atoms with Crippen LogP contribution in [-0.4, -0.2) is 66.3 Å². The molecule has 0 radical (unpaired) electrons. The zero-order valence-electron chi connectivity index (χ0n) is 18.9. The minimum absolute atomic E-state index is 0.102. The molecular weight excluding hydrogens is 468 g/mol. The van der Waals surface area contributed by atoms with E-state index in [1.807, 2.05) is 17.2 Å². The van der Waals surface area contributed by atoms with Gasteiger partial charge in [-0.15, -0.1) is 0 Å². The highest BCUT2D eigenvalue weighted by Crippen LogP contribution is 2.38. The van der Waals surface area contributed by atoms with Crippen LogP contribution in [0.4, 0.5) is 11.5 Å². The molecule has 4 aromatic rings. The number of anilines is 2. The zero-order valence-corrected chi connectivity index (χ0v) is 19.7. The molecule has 5 heterocycles. The van der Waals surface area contributed by atoms with Crippen LogP contribution in [0.15, 0.2) is 60.0 Å². The van der Waals surface area contributed by atoms with Crippen molar-refractivity contribution in [3.05, 3.63) is 60.7 Å². The van der Waals surface area contributed by atoms with Crippen LogP contribution in [-0.2, 0) is 25.9 Å². The van der Waals surface area contributed by atoms with Crippen LogP contribution in [0.2, 0.25) is 0 Å². The SMILES string of the molecule is CS(=O)(=O)c1ccc(CN2C(=O)C3COCCN3c3nc(-c4cncc5[nH]ccc45)ncc32)cc1. The molecule has 178 valence electrons. The molecule has 1 unspecified atom stereocenters. The number of pyridine rings is 1. The lowest BCUT2D eigenvalue weighted by molar-refractivity contribution is -0.122. The number of aromatic nitrogens is 4. The molecule has 1 aromatic carbocycles. The third kappa shape index (κ3) is 3.72. The third-order valence-corrected chi connectivity index (χ3v) is 7.53. The first-order valence-electron chi connectivity index (χ1n) is 11.1. The van der Waals surface area contributed by atoms with Gasteiger partial charge in [0.15, 0.2) is 21.5 Å². The molecule has 1 fully saturated rings. The Labute approximate surface area is 201 Å². The predicted molar refractivity (Wildman–Crippen MR) is 130 cm³/mol. The second-order valence-electron chi connectivity index (χ2n) is 8.65. The number of fused-ring (bicyclic) bond motifs is 4. The van der Waals surface area contributed by atoms with Crippen molar-refractivity contribution in [3.63, 3.8) is 0 Å². The van der Waals surface area contributed by atoms with Gasteiger partial charge in [-0.05, 0) is 23.8 Å². The van der Waals surface area contributed by atoms with E-state index in [4.69, 9.17) is 9.72 Å². The Balaban J connectivity index is 1.42. The molecule has 1 amide bonds. The summed E-state index contributed by atoms with van der Waals surface area (Å²) in [5, 5.41) is 0.966. The summed E-state index contributed by atoms with van der Waals surface area (Å²) >= 11 is 0. The van der Waals surface area contributed by atoms with E-state index in [0.29, 0.717) is 30.5 Å². The van der Waals surface area contributed by atoms with Crippen molar-refractivity contribution in [2.75, 3.05) is 35.8 Å². The van der Waals surface area contributed by atoms with Crippen molar-refractivity contribution >= 4 is 38.2 Å². The third-order valence-electron chi connectivity index (χ3n) is 6.40. The number of rotatable bonds is 4. The number of sulfone groups is 1. The quantitative estimate of drug-likeness (QED) is 0.462. The molecular formula is C24H22N6O4S. The van der Waals surface area contributed by atoms with E-state index in [1.54, 1.807) is 47.8 Å². The van der Waals surface area contributed by atoms with Gasteiger partial charge in [0.1, 0.15) is 11.7 Å². The van der Waals surface area contributed by atoms with Gasteiger partial charge in [0.2, 0.25) is 0 Å². The smallest absolute Gasteiger partial charge is 0.252 e. The standard InChI is InChI=1S/C24H22N6O4S/c1-35(32,33)16-4-2-15(3-5-16)13-30-20-12-27-22(18-10-25-11-19-17(18)6-7-26-19)28-23(20)29-8-9-34-14-21(29)24(30)31/h2-7,10-12,21,26H,8-9,13-14H2,1H3. The Morgan fingerprint density at radius 3 is 2.77 bits per heavy atom. The van der Waals surface area contributed by atoms with Gasteiger partial charge in [-0.1, -0.05) is 12.1 Å². The number of hydrogen-bond donors (Lipinski definition) is 1. The van der Waals surface area contributed by atoms with Crippen LogP contribution in [0.1, 0.15) is 5.56 Å². The van der Waals surface area contributed by atoms with Gasteiger partial charge < -0.3 is 19.5 Å². The Morgan fingerprint density at radius 2 is 1.97 bits per heavy atom. The Kier molecular flexibility index (Phi) is 5.04. The van der Waals surface area contributed by atoms with Gasteiger partial charge >= 0.3 is 0 Å². The summed E-state index contributed by atoms with van der Waals surface area (Å²) in [6, 6.07) is 8.03. The number of carbonyl (C=O) groups excluding carboxylic acids is 1. The summed E-state index contributed by atoms with van der Waals surface area (Å²) in [7, 11) is -3.30. The largest absolute Gasteiger partial charge is 0.377 e. The van der Waals surface area contributed by atoms with E-state index in [2.05, 4.69) is 15.0 Å². The molecule has 6 rings (SSSR count). The number of nitrogens with zero attached hydrogens (tertiary/aromatic N) is 5. The maximum atomic E-state index is 13.5. The highest BCUT2D eigenvalue weighted by molar-refractivity contribution is 7.90. The summed E-state index contributed by atoms with van der Waals surface area (Å²) in [5.41, 5.74) is 3.10. The first kappa shape index (κ1) is 21.7. The van der Waals surface area contributed by atoms with Gasteiger partial charge in [-0.3, -0.25) is 9.78 Å².